The van der Waals surface area contributed by atoms with Crippen LogP contribution in [0.15, 0.2) is 45.3 Å². The van der Waals surface area contributed by atoms with Gasteiger partial charge in [-0.2, -0.15) is 18.4 Å². The zero-order valence-electron chi connectivity index (χ0n) is 15.5. The van der Waals surface area contributed by atoms with Crippen LogP contribution in [-0.2, 0) is 12.7 Å². The number of rotatable bonds is 5. The number of alkyl halides is 6. The van der Waals surface area contributed by atoms with E-state index in [4.69, 9.17) is 4.42 Å². The number of anilines is 1. The molecule has 0 aliphatic carbocycles. The van der Waals surface area contributed by atoms with Gasteiger partial charge in [-0.05, 0) is 51.0 Å². The zero-order valence-corrected chi connectivity index (χ0v) is 17.1. The highest BCUT2D eigenvalue weighted by Gasteiger charge is 2.40. The predicted octanol–water partition coefficient (Wildman–Crippen LogP) is 5.90. The van der Waals surface area contributed by atoms with Crippen molar-refractivity contribution in [3.8, 4) is 17.3 Å². The van der Waals surface area contributed by atoms with E-state index in [1.807, 2.05) is 0 Å². The molecule has 0 atom stereocenters. The van der Waals surface area contributed by atoms with Crippen LogP contribution in [-0.4, -0.2) is 27.0 Å². The summed E-state index contributed by atoms with van der Waals surface area (Å²) in [5.41, 5.74) is -0.0371. The number of hydrogen-bond donors (Lipinski definition) is 2. The molecule has 0 aliphatic rings. The molecule has 2 heterocycles. The number of H-pyrrole nitrogens is 1. The molecule has 0 radical (unpaired) electrons. The molecule has 14 heteroatoms. The van der Waals surface area contributed by atoms with Gasteiger partial charge in [0.15, 0.2) is 5.76 Å². The van der Waals surface area contributed by atoms with Gasteiger partial charge in [-0.3, -0.25) is 0 Å². The minimum absolute atomic E-state index is 0.0356. The van der Waals surface area contributed by atoms with Crippen molar-refractivity contribution >= 4 is 32.6 Å². The van der Waals surface area contributed by atoms with E-state index < -0.39 is 29.6 Å². The Hall–Kier alpha value is -3.29. The van der Waals surface area contributed by atoms with Gasteiger partial charge in [-0.1, -0.05) is 12.1 Å². The molecule has 0 spiro atoms. The van der Waals surface area contributed by atoms with Crippen LogP contribution in [0.5, 0.6) is 5.75 Å². The zero-order chi connectivity index (χ0) is 23.1. The Bertz CT molecular complexity index is 1250. The van der Waals surface area contributed by atoms with Crippen molar-refractivity contribution in [2.45, 2.75) is 19.1 Å². The summed E-state index contributed by atoms with van der Waals surface area (Å²) in [6.45, 7) is 0.154. The molecule has 168 valence electrons. The van der Waals surface area contributed by atoms with Crippen molar-refractivity contribution in [3.63, 3.8) is 0 Å². The van der Waals surface area contributed by atoms with Crippen molar-refractivity contribution in [3.05, 3.63) is 52.0 Å². The van der Waals surface area contributed by atoms with Crippen LogP contribution in [0.1, 0.15) is 11.1 Å². The number of aromatic nitrogens is 4. The van der Waals surface area contributed by atoms with E-state index in [-0.39, 0.29) is 27.8 Å². The van der Waals surface area contributed by atoms with Crippen LogP contribution in [0.2, 0.25) is 0 Å². The Balaban J connectivity index is 1.58. The van der Waals surface area contributed by atoms with E-state index in [0.29, 0.717) is 11.3 Å². The van der Waals surface area contributed by atoms with Crippen molar-refractivity contribution in [1.29, 1.82) is 0 Å². The molecule has 0 bridgehead atoms. The van der Waals surface area contributed by atoms with Gasteiger partial charge in [0, 0.05) is 17.6 Å². The largest absolute Gasteiger partial charge is 0.573 e. The summed E-state index contributed by atoms with van der Waals surface area (Å²) in [6.07, 6.45) is -9.54. The lowest BCUT2D eigenvalue weighted by Gasteiger charge is -2.12. The van der Waals surface area contributed by atoms with E-state index in [2.05, 4.69) is 46.6 Å². The number of nitrogens with one attached hydrogen (secondary N) is 2. The van der Waals surface area contributed by atoms with Gasteiger partial charge in [0.1, 0.15) is 16.9 Å². The Morgan fingerprint density at radius 2 is 1.84 bits per heavy atom. The van der Waals surface area contributed by atoms with E-state index in [9.17, 15) is 26.3 Å². The second kappa shape index (κ2) is 8.00. The first-order chi connectivity index (χ1) is 15.0. The first-order valence-electron chi connectivity index (χ1n) is 8.67. The molecular weight excluding hydrogens is 512 g/mol. The van der Waals surface area contributed by atoms with Crippen LogP contribution < -0.4 is 10.1 Å². The monoisotopic (exact) mass is 521 g/mol. The molecule has 4 aromatic rings. The van der Waals surface area contributed by atoms with E-state index in [1.165, 1.54) is 30.3 Å². The summed E-state index contributed by atoms with van der Waals surface area (Å²) in [6, 6.07) is 8.02. The third-order valence-electron chi connectivity index (χ3n) is 4.24. The van der Waals surface area contributed by atoms with Crippen molar-refractivity contribution in [2.24, 2.45) is 0 Å². The lowest BCUT2D eigenvalue weighted by atomic mass is 10.1. The van der Waals surface area contributed by atoms with E-state index >= 15 is 0 Å². The molecule has 0 fully saturated rings. The van der Waals surface area contributed by atoms with Gasteiger partial charge in [0.2, 0.25) is 5.82 Å². The maximum Gasteiger partial charge on any atom is 0.573 e. The van der Waals surface area contributed by atoms with Crippen LogP contribution in [0, 0.1) is 0 Å². The van der Waals surface area contributed by atoms with Crippen LogP contribution in [0.25, 0.3) is 22.6 Å². The molecule has 32 heavy (non-hydrogen) atoms. The first-order valence-corrected chi connectivity index (χ1v) is 9.46. The van der Waals surface area contributed by atoms with Gasteiger partial charge in [0.05, 0.1) is 4.47 Å². The smallest absolute Gasteiger partial charge is 0.452 e. The Labute approximate surface area is 182 Å². The summed E-state index contributed by atoms with van der Waals surface area (Å²) >= 11 is 3.00. The highest BCUT2D eigenvalue weighted by molar-refractivity contribution is 9.10. The highest BCUT2D eigenvalue weighted by Crippen LogP contribution is 2.43. The molecule has 2 aromatic heterocycles. The number of furan rings is 1. The van der Waals surface area contributed by atoms with E-state index in [1.54, 1.807) is 0 Å². The Morgan fingerprint density at radius 3 is 2.47 bits per heavy atom. The third kappa shape index (κ3) is 4.64. The summed E-state index contributed by atoms with van der Waals surface area (Å²) in [5.74, 6) is -1.30. The average Bonchev–Trinajstić information content (AvgIpc) is 3.33. The topological polar surface area (TPSA) is 88.9 Å². The lowest BCUT2D eigenvalue weighted by molar-refractivity contribution is -0.274. The van der Waals surface area contributed by atoms with Gasteiger partial charge in [0.25, 0.3) is 0 Å². The number of nitrogens with zero attached hydrogens (tertiary/aromatic N) is 3. The fourth-order valence-electron chi connectivity index (χ4n) is 2.97. The lowest BCUT2D eigenvalue weighted by Crippen LogP contribution is -2.17. The number of benzene rings is 2. The van der Waals surface area contributed by atoms with Crippen LogP contribution >= 0.6 is 15.9 Å². The van der Waals surface area contributed by atoms with Crippen molar-refractivity contribution in [1.82, 2.24) is 20.6 Å². The normalized spacial score (nSPS) is 12.3. The number of hydrogen-bond acceptors (Lipinski definition) is 6. The number of halogens is 7. The number of aromatic amines is 1. The maximum atomic E-state index is 13.6. The number of fused-ring (bicyclic) bond motifs is 1. The molecule has 2 aromatic carbocycles. The molecule has 0 amide bonds. The van der Waals surface area contributed by atoms with Crippen molar-refractivity contribution < 1.29 is 35.5 Å². The molecule has 4 rings (SSSR count). The van der Waals surface area contributed by atoms with Gasteiger partial charge in [-0.15, -0.1) is 23.4 Å². The minimum Gasteiger partial charge on any atom is -0.452 e. The molecule has 0 saturated heterocycles. The van der Waals surface area contributed by atoms with Crippen LogP contribution in [0.3, 0.4) is 0 Å². The summed E-state index contributed by atoms with van der Waals surface area (Å²) in [5, 5.41) is 15.2. The highest BCUT2D eigenvalue weighted by atomic mass is 79.9. The first kappa shape index (κ1) is 21.9. The molecule has 7 nitrogen and oxygen atoms in total. The van der Waals surface area contributed by atoms with Gasteiger partial charge >= 0.3 is 12.5 Å². The third-order valence-corrected chi connectivity index (χ3v) is 4.86. The van der Waals surface area contributed by atoms with Crippen molar-refractivity contribution in [2.75, 3.05) is 5.32 Å². The summed E-state index contributed by atoms with van der Waals surface area (Å²) in [4.78, 5) is 0. The molecular formula is C18H10BrF6N5O2. The summed E-state index contributed by atoms with van der Waals surface area (Å²) in [7, 11) is 0. The Morgan fingerprint density at radius 1 is 1.06 bits per heavy atom. The van der Waals surface area contributed by atoms with Crippen LogP contribution in [0.4, 0.5) is 32.0 Å². The fourth-order valence-corrected chi connectivity index (χ4v) is 3.43. The predicted molar refractivity (Wildman–Crippen MR) is 103 cm³/mol. The minimum atomic E-state index is -4.83. The molecule has 0 unspecified atom stereocenters. The molecule has 2 N–H and O–H groups in total. The fraction of sp³-hybridized carbons (Fsp3) is 0.167. The van der Waals surface area contributed by atoms with E-state index in [0.717, 1.165) is 6.07 Å². The number of ether oxygens (including phenoxy) is 1. The second-order valence-corrected chi connectivity index (χ2v) is 7.27. The Kier molecular flexibility index (Phi) is 5.48. The quantitative estimate of drug-likeness (QED) is 0.317. The number of tetrazole rings is 1. The molecule has 0 aliphatic heterocycles. The van der Waals surface area contributed by atoms with Gasteiger partial charge in [-0.25, -0.2) is 0 Å². The maximum absolute atomic E-state index is 13.6. The average molecular weight is 522 g/mol. The summed E-state index contributed by atoms with van der Waals surface area (Å²) < 4.78 is 87.2. The molecule has 0 saturated carbocycles. The SMILES string of the molecule is FC(F)(F)Oc1ccc(NCc2ccc3c(C(F)(F)F)c(-c4nn[nH]n4)oc3c2)cc1Br. The standard InChI is InChI=1S/C18H10BrF6N5O2/c19-11-6-9(2-4-12(11)32-18(23,24)25)26-7-8-1-3-10-13(5-8)31-15(14(10)17(20,21)22)16-27-29-30-28-16/h1-6,26H,7H2,(H,27,28,29,30). The van der Waals surface area contributed by atoms with Gasteiger partial charge < -0.3 is 14.5 Å². The second-order valence-electron chi connectivity index (χ2n) is 6.42.